The molecule has 0 aliphatic heterocycles. The molecule has 3 aromatic rings. The molecule has 0 aliphatic rings. The molecule has 6 nitrogen and oxygen atoms in total. The van der Waals surface area contributed by atoms with Gasteiger partial charge in [-0.05, 0) is 42.8 Å². The monoisotopic (exact) mass is 350 g/mol. The molecule has 6 heteroatoms. The van der Waals surface area contributed by atoms with Crippen LogP contribution in [0.1, 0.15) is 26.5 Å². The molecule has 3 rings (SSSR count). The van der Waals surface area contributed by atoms with Crippen molar-refractivity contribution >= 4 is 23.2 Å². The number of carbonyl (C=O) groups is 2. The molecule has 0 saturated heterocycles. The van der Waals surface area contributed by atoms with Crippen LogP contribution in [0.25, 0.3) is 0 Å². The molecule has 0 fully saturated rings. The van der Waals surface area contributed by atoms with Crippen LogP contribution in [0.5, 0.6) is 5.75 Å². The van der Waals surface area contributed by atoms with Gasteiger partial charge in [0.05, 0.1) is 19.1 Å². The Morgan fingerprint density at radius 3 is 2.31 bits per heavy atom. The lowest BCUT2D eigenvalue weighted by Crippen LogP contribution is -2.14. The molecule has 0 spiro atoms. The van der Waals surface area contributed by atoms with E-state index in [1.54, 1.807) is 48.5 Å². The topological polar surface area (TPSA) is 80.6 Å². The number of benzene rings is 2. The van der Waals surface area contributed by atoms with Crippen molar-refractivity contribution in [2.45, 2.75) is 6.92 Å². The molecule has 0 unspecified atom stereocenters. The highest BCUT2D eigenvalue weighted by molar-refractivity contribution is 6.06. The number of hydrogen-bond donors (Lipinski definition) is 2. The highest BCUT2D eigenvalue weighted by Gasteiger charge is 2.15. The summed E-state index contributed by atoms with van der Waals surface area (Å²) < 4.78 is 10.4. The summed E-state index contributed by atoms with van der Waals surface area (Å²) in [6.07, 6.45) is 1.43. The van der Waals surface area contributed by atoms with Crippen molar-refractivity contribution < 1.29 is 18.7 Å². The Bertz CT molecular complexity index is 918. The summed E-state index contributed by atoms with van der Waals surface area (Å²) in [6.45, 7) is 1.84. The molecular weight excluding hydrogens is 332 g/mol. The second kappa shape index (κ2) is 7.57. The van der Waals surface area contributed by atoms with Gasteiger partial charge in [0.25, 0.3) is 11.8 Å². The molecule has 0 atom stereocenters. The zero-order valence-corrected chi connectivity index (χ0v) is 14.4. The van der Waals surface area contributed by atoms with Crippen molar-refractivity contribution in [2.75, 3.05) is 17.7 Å². The molecule has 0 aliphatic carbocycles. The predicted octanol–water partition coefficient (Wildman–Crippen LogP) is 4.10. The smallest absolute Gasteiger partial charge is 0.291 e. The number of furan rings is 1. The van der Waals surface area contributed by atoms with Crippen LogP contribution in [0, 0.1) is 6.92 Å². The maximum atomic E-state index is 12.3. The third kappa shape index (κ3) is 3.75. The van der Waals surface area contributed by atoms with Gasteiger partial charge in [-0.3, -0.25) is 9.59 Å². The minimum absolute atomic E-state index is 0.200. The van der Waals surface area contributed by atoms with Crippen molar-refractivity contribution in [3.63, 3.8) is 0 Å². The quantitative estimate of drug-likeness (QED) is 0.726. The fourth-order valence-corrected chi connectivity index (χ4v) is 2.46. The second-order valence-corrected chi connectivity index (χ2v) is 5.62. The number of carbonyl (C=O) groups excluding carboxylic acids is 2. The minimum Gasteiger partial charge on any atom is -0.494 e. The summed E-state index contributed by atoms with van der Waals surface area (Å²) in [5.74, 6) is 0.0296. The van der Waals surface area contributed by atoms with E-state index in [-0.39, 0.29) is 17.6 Å². The van der Waals surface area contributed by atoms with E-state index in [4.69, 9.17) is 9.15 Å². The Hall–Kier alpha value is -3.54. The van der Waals surface area contributed by atoms with Crippen molar-refractivity contribution in [1.82, 2.24) is 0 Å². The third-order valence-electron chi connectivity index (χ3n) is 3.82. The van der Waals surface area contributed by atoms with Gasteiger partial charge in [0.1, 0.15) is 5.75 Å². The lowest BCUT2D eigenvalue weighted by atomic mass is 10.1. The third-order valence-corrected chi connectivity index (χ3v) is 3.82. The number of nitrogens with one attached hydrogen (secondary N) is 2. The molecule has 26 heavy (non-hydrogen) atoms. The van der Waals surface area contributed by atoms with Crippen LogP contribution in [-0.2, 0) is 0 Å². The first kappa shape index (κ1) is 17.3. The van der Waals surface area contributed by atoms with E-state index in [2.05, 4.69) is 10.6 Å². The van der Waals surface area contributed by atoms with E-state index in [9.17, 15) is 9.59 Å². The first-order valence-electron chi connectivity index (χ1n) is 7.98. The molecule has 0 saturated carbocycles. The van der Waals surface area contributed by atoms with E-state index in [0.29, 0.717) is 22.7 Å². The summed E-state index contributed by atoms with van der Waals surface area (Å²) in [5.41, 5.74) is 2.43. The number of ether oxygens (including phenoxy) is 1. The Morgan fingerprint density at radius 2 is 1.65 bits per heavy atom. The van der Waals surface area contributed by atoms with E-state index in [0.717, 1.165) is 5.56 Å². The van der Waals surface area contributed by atoms with E-state index < -0.39 is 0 Å². The molecule has 2 aromatic carbocycles. The summed E-state index contributed by atoms with van der Waals surface area (Å²) in [5, 5.41) is 5.61. The largest absolute Gasteiger partial charge is 0.494 e. The SMILES string of the molecule is COc1cc(NC(=O)c2ccccc2)c(C)cc1NC(=O)c1ccco1. The van der Waals surface area contributed by atoms with Gasteiger partial charge in [0, 0.05) is 17.3 Å². The molecule has 1 aromatic heterocycles. The van der Waals surface area contributed by atoms with Gasteiger partial charge >= 0.3 is 0 Å². The van der Waals surface area contributed by atoms with E-state index in [1.165, 1.54) is 13.4 Å². The van der Waals surface area contributed by atoms with Crippen LogP contribution in [0.3, 0.4) is 0 Å². The fourth-order valence-electron chi connectivity index (χ4n) is 2.46. The van der Waals surface area contributed by atoms with E-state index in [1.807, 2.05) is 13.0 Å². The van der Waals surface area contributed by atoms with Crippen LogP contribution in [-0.4, -0.2) is 18.9 Å². The summed E-state index contributed by atoms with van der Waals surface area (Å²) in [6, 6.07) is 15.5. The van der Waals surface area contributed by atoms with Gasteiger partial charge in [-0.2, -0.15) is 0 Å². The average Bonchev–Trinajstić information content (AvgIpc) is 3.19. The Morgan fingerprint density at radius 1 is 0.923 bits per heavy atom. The predicted molar refractivity (Wildman–Crippen MR) is 98.8 cm³/mol. The molecule has 2 N–H and O–H groups in total. The van der Waals surface area contributed by atoms with E-state index >= 15 is 0 Å². The molecule has 0 radical (unpaired) electrons. The first-order chi connectivity index (χ1) is 12.6. The van der Waals surface area contributed by atoms with Crippen LogP contribution < -0.4 is 15.4 Å². The lowest BCUT2D eigenvalue weighted by molar-refractivity contribution is 0.0994. The van der Waals surface area contributed by atoms with Gasteiger partial charge in [0.2, 0.25) is 0 Å². The van der Waals surface area contributed by atoms with Crippen molar-refractivity contribution in [3.05, 3.63) is 77.7 Å². The lowest BCUT2D eigenvalue weighted by Gasteiger charge is -2.15. The second-order valence-electron chi connectivity index (χ2n) is 5.62. The zero-order valence-electron chi connectivity index (χ0n) is 14.4. The van der Waals surface area contributed by atoms with Gasteiger partial charge in [0.15, 0.2) is 5.76 Å². The van der Waals surface area contributed by atoms with Gasteiger partial charge in [-0.15, -0.1) is 0 Å². The van der Waals surface area contributed by atoms with Crippen LogP contribution in [0.15, 0.2) is 65.3 Å². The van der Waals surface area contributed by atoms with Gasteiger partial charge in [-0.25, -0.2) is 0 Å². The standard InChI is InChI=1S/C20H18N2O4/c1-13-11-16(22-20(24)17-9-6-10-26-17)18(25-2)12-15(13)21-19(23)14-7-4-3-5-8-14/h3-12H,1-2H3,(H,21,23)(H,22,24). The fraction of sp³-hybridized carbons (Fsp3) is 0.100. The van der Waals surface area contributed by atoms with Gasteiger partial charge in [-0.1, -0.05) is 18.2 Å². The average molecular weight is 350 g/mol. The number of aryl methyl sites for hydroxylation is 1. The summed E-state index contributed by atoms with van der Waals surface area (Å²) in [7, 11) is 1.50. The summed E-state index contributed by atoms with van der Waals surface area (Å²) in [4.78, 5) is 24.5. The Labute approximate surface area is 150 Å². The number of anilines is 2. The Balaban J connectivity index is 1.83. The highest BCUT2D eigenvalue weighted by atomic mass is 16.5. The van der Waals surface area contributed by atoms with Crippen LogP contribution >= 0.6 is 0 Å². The van der Waals surface area contributed by atoms with Crippen LogP contribution in [0.4, 0.5) is 11.4 Å². The molecule has 132 valence electrons. The maximum Gasteiger partial charge on any atom is 0.291 e. The van der Waals surface area contributed by atoms with Crippen molar-refractivity contribution in [2.24, 2.45) is 0 Å². The van der Waals surface area contributed by atoms with Gasteiger partial charge < -0.3 is 19.8 Å². The molecule has 1 heterocycles. The number of amides is 2. The van der Waals surface area contributed by atoms with Crippen LogP contribution in [0.2, 0.25) is 0 Å². The summed E-state index contributed by atoms with van der Waals surface area (Å²) >= 11 is 0. The highest BCUT2D eigenvalue weighted by Crippen LogP contribution is 2.32. The first-order valence-corrected chi connectivity index (χ1v) is 7.98. The maximum absolute atomic E-state index is 12.3. The van der Waals surface area contributed by atoms with Crippen molar-refractivity contribution in [1.29, 1.82) is 0 Å². The molecular formula is C20H18N2O4. The normalized spacial score (nSPS) is 10.2. The number of rotatable bonds is 5. The zero-order chi connectivity index (χ0) is 18.5. The van der Waals surface area contributed by atoms with Crippen molar-refractivity contribution in [3.8, 4) is 5.75 Å². The minimum atomic E-state index is -0.381. The number of methoxy groups -OCH3 is 1. The molecule has 2 amide bonds. The Kier molecular flexibility index (Phi) is 5.03. The molecule has 0 bridgehead atoms. The number of hydrogen-bond acceptors (Lipinski definition) is 4.